The van der Waals surface area contributed by atoms with Crippen LogP contribution in [0, 0.1) is 58.2 Å². The molecule has 12 atom stereocenters. The van der Waals surface area contributed by atoms with E-state index in [2.05, 4.69) is 34.6 Å². The van der Waals surface area contributed by atoms with E-state index in [1.54, 1.807) is 14.2 Å². The van der Waals surface area contributed by atoms with Crippen LogP contribution in [0.4, 0.5) is 0 Å². The lowest BCUT2D eigenvalue weighted by Crippen LogP contribution is -2.65. The van der Waals surface area contributed by atoms with Gasteiger partial charge in [0, 0.05) is 26.1 Å². The predicted molar refractivity (Wildman–Crippen MR) is 145 cm³/mol. The van der Waals surface area contributed by atoms with Crippen LogP contribution in [-0.4, -0.2) is 45.9 Å². The molecule has 0 radical (unpaired) electrons. The first-order valence-corrected chi connectivity index (χ1v) is 15.1. The average Bonchev–Trinajstić information content (AvgIpc) is 3.23. The first-order valence-electron chi connectivity index (χ1n) is 15.1. The molecule has 37 heavy (non-hydrogen) atoms. The van der Waals surface area contributed by atoms with E-state index in [0.717, 1.165) is 25.2 Å². The predicted octanol–water partition coefficient (Wildman–Crippen LogP) is 6.02. The lowest BCUT2D eigenvalue weighted by atomic mass is 9.40. The van der Waals surface area contributed by atoms with Gasteiger partial charge in [-0.15, -0.1) is 0 Å². The van der Waals surface area contributed by atoms with E-state index in [-0.39, 0.29) is 23.5 Å². The standard InChI is InChI=1S/C31H55NO5/c1-8-21-24-15-19(2)13-14-30(24,4)25-16-26(36-17-34-6)31(5)22(20(3)9-12-27(32)33)10-11-23(31)28(25)29(21)37-18-35-7/h19-26,28-29H,8-18H2,1-7H3,(H2,32,33)/t19-,20-,21-,22-,23?,24+,25?,26+,28?,29-,30+,31-/m1/s1. The van der Waals surface area contributed by atoms with Crippen LogP contribution in [0.5, 0.6) is 0 Å². The number of rotatable bonds is 11. The molecule has 4 aliphatic rings. The molecule has 4 saturated carbocycles. The monoisotopic (exact) mass is 521 g/mol. The van der Waals surface area contributed by atoms with Crippen molar-refractivity contribution in [2.24, 2.45) is 63.9 Å². The normalized spacial score (nSPS) is 46.1. The highest BCUT2D eigenvalue weighted by Gasteiger charge is 2.68. The molecule has 2 N–H and O–H groups in total. The molecule has 3 unspecified atom stereocenters. The number of carbonyl (C=O) groups excluding carboxylic acids is 1. The summed E-state index contributed by atoms with van der Waals surface area (Å²) < 4.78 is 24.4. The van der Waals surface area contributed by atoms with Crippen LogP contribution in [0.2, 0.25) is 0 Å². The molecule has 0 spiro atoms. The van der Waals surface area contributed by atoms with Crippen LogP contribution in [0.25, 0.3) is 0 Å². The Morgan fingerprint density at radius 1 is 1.00 bits per heavy atom. The summed E-state index contributed by atoms with van der Waals surface area (Å²) in [6.07, 6.45) is 10.3. The maximum atomic E-state index is 11.6. The number of primary amides is 1. The molecule has 4 fully saturated rings. The number of ether oxygens (including phenoxy) is 4. The van der Waals surface area contributed by atoms with E-state index in [9.17, 15) is 4.79 Å². The number of carbonyl (C=O) groups is 1. The highest BCUT2D eigenvalue weighted by atomic mass is 16.7. The van der Waals surface area contributed by atoms with E-state index in [0.29, 0.717) is 66.8 Å². The van der Waals surface area contributed by atoms with Crippen molar-refractivity contribution in [1.82, 2.24) is 0 Å². The Kier molecular flexibility index (Phi) is 9.36. The van der Waals surface area contributed by atoms with Gasteiger partial charge in [0.25, 0.3) is 0 Å². The fourth-order valence-electron chi connectivity index (χ4n) is 10.4. The largest absolute Gasteiger partial charge is 0.370 e. The van der Waals surface area contributed by atoms with Crippen molar-refractivity contribution in [2.75, 3.05) is 27.8 Å². The fourth-order valence-corrected chi connectivity index (χ4v) is 10.4. The summed E-state index contributed by atoms with van der Waals surface area (Å²) in [7, 11) is 3.48. The third-order valence-corrected chi connectivity index (χ3v) is 12.1. The third kappa shape index (κ3) is 5.14. The van der Waals surface area contributed by atoms with E-state index >= 15 is 0 Å². The van der Waals surface area contributed by atoms with E-state index in [1.165, 1.54) is 32.1 Å². The molecule has 0 aromatic rings. The van der Waals surface area contributed by atoms with Gasteiger partial charge in [-0.25, -0.2) is 0 Å². The summed E-state index contributed by atoms with van der Waals surface area (Å²) in [5.41, 5.74) is 5.90. The highest BCUT2D eigenvalue weighted by molar-refractivity contribution is 5.73. The number of hydrogen-bond acceptors (Lipinski definition) is 5. The molecular formula is C31H55NO5. The smallest absolute Gasteiger partial charge is 0.217 e. The fraction of sp³-hybridized carbons (Fsp3) is 0.968. The Hall–Kier alpha value is -0.690. The SMILES string of the molecule is CC[C@H]1[C@@H](OCOC)C2C3CC[C@H]([C@H](C)CCC(N)=O)[C@@]3(C)[C@@H](OCOC)CC2[C@@]2(C)CC[C@@H](C)C[C@@H]12. The van der Waals surface area contributed by atoms with Crippen molar-refractivity contribution in [1.29, 1.82) is 0 Å². The van der Waals surface area contributed by atoms with Gasteiger partial charge in [0.1, 0.15) is 13.6 Å². The van der Waals surface area contributed by atoms with Crippen LogP contribution >= 0.6 is 0 Å². The maximum absolute atomic E-state index is 11.6. The zero-order valence-electron chi connectivity index (χ0n) is 24.7. The zero-order valence-corrected chi connectivity index (χ0v) is 24.7. The van der Waals surface area contributed by atoms with Gasteiger partial charge < -0.3 is 24.7 Å². The molecule has 6 nitrogen and oxygen atoms in total. The molecule has 6 heteroatoms. The van der Waals surface area contributed by atoms with Gasteiger partial charge in [-0.1, -0.05) is 47.5 Å². The third-order valence-electron chi connectivity index (χ3n) is 12.1. The molecule has 0 heterocycles. The summed E-state index contributed by atoms with van der Waals surface area (Å²) >= 11 is 0. The van der Waals surface area contributed by atoms with Crippen LogP contribution < -0.4 is 5.73 Å². The van der Waals surface area contributed by atoms with Crippen LogP contribution in [0.1, 0.15) is 92.4 Å². The average molecular weight is 522 g/mol. The van der Waals surface area contributed by atoms with Crippen LogP contribution in [-0.2, 0) is 23.7 Å². The molecule has 214 valence electrons. The molecule has 0 saturated heterocycles. The summed E-state index contributed by atoms with van der Waals surface area (Å²) in [5.74, 6) is 4.38. The molecule has 4 rings (SSSR count). The second kappa shape index (κ2) is 11.8. The first kappa shape index (κ1) is 29.3. The summed E-state index contributed by atoms with van der Waals surface area (Å²) in [5, 5.41) is 0. The number of fused-ring (bicyclic) bond motifs is 5. The molecule has 0 aromatic heterocycles. The minimum atomic E-state index is -0.195. The van der Waals surface area contributed by atoms with Crippen molar-refractivity contribution in [3.05, 3.63) is 0 Å². The lowest BCUT2D eigenvalue weighted by molar-refractivity contribution is -0.262. The van der Waals surface area contributed by atoms with Crippen molar-refractivity contribution in [3.8, 4) is 0 Å². The number of amides is 1. The van der Waals surface area contributed by atoms with Gasteiger partial charge in [0.2, 0.25) is 5.91 Å². The second-order valence-electron chi connectivity index (χ2n) is 13.7. The van der Waals surface area contributed by atoms with E-state index in [1.807, 2.05) is 0 Å². The topological polar surface area (TPSA) is 80.0 Å². The minimum Gasteiger partial charge on any atom is -0.370 e. The zero-order chi connectivity index (χ0) is 27.0. The Morgan fingerprint density at radius 2 is 1.70 bits per heavy atom. The Morgan fingerprint density at radius 3 is 2.35 bits per heavy atom. The van der Waals surface area contributed by atoms with Gasteiger partial charge in [-0.2, -0.15) is 0 Å². The maximum Gasteiger partial charge on any atom is 0.217 e. The van der Waals surface area contributed by atoms with Gasteiger partial charge in [-0.3, -0.25) is 4.79 Å². The molecule has 0 aliphatic heterocycles. The Bertz CT molecular complexity index is 777. The summed E-state index contributed by atoms with van der Waals surface area (Å²) in [6, 6.07) is 0. The Balaban J connectivity index is 1.75. The lowest BCUT2D eigenvalue weighted by Gasteiger charge is -2.66. The van der Waals surface area contributed by atoms with Gasteiger partial charge in [0.15, 0.2) is 0 Å². The molecule has 0 aromatic carbocycles. The van der Waals surface area contributed by atoms with Crippen molar-refractivity contribution >= 4 is 5.91 Å². The van der Waals surface area contributed by atoms with Crippen LogP contribution in [0.3, 0.4) is 0 Å². The van der Waals surface area contributed by atoms with Gasteiger partial charge in [0.05, 0.1) is 12.2 Å². The highest BCUT2D eigenvalue weighted by Crippen LogP contribution is 2.70. The molecule has 1 amide bonds. The van der Waals surface area contributed by atoms with E-state index in [4.69, 9.17) is 24.7 Å². The second-order valence-corrected chi connectivity index (χ2v) is 13.7. The number of hydrogen-bond donors (Lipinski definition) is 1. The summed E-state index contributed by atoms with van der Waals surface area (Å²) in [6.45, 7) is 13.0. The van der Waals surface area contributed by atoms with E-state index < -0.39 is 0 Å². The Labute approximate surface area is 226 Å². The quantitative estimate of drug-likeness (QED) is 0.337. The van der Waals surface area contributed by atoms with Gasteiger partial charge >= 0.3 is 0 Å². The number of nitrogens with two attached hydrogens (primary N) is 1. The van der Waals surface area contributed by atoms with Gasteiger partial charge in [-0.05, 0) is 91.3 Å². The first-order chi connectivity index (χ1) is 17.6. The minimum absolute atomic E-state index is 0.0227. The van der Waals surface area contributed by atoms with Crippen molar-refractivity contribution in [2.45, 2.75) is 105 Å². The number of methoxy groups -OCH3 is 2. The molecule has 4 aliphatic carbocycles. The van der Waals surface area contributed by atoms with Crippen molar-refractivity contribution in [3.63, 3.8) is 0 Å². The molecule has 0 bridgehead atoms. The van der Waals surface area contributed by atoms with Crippen LogP contribution in [0.15, 0.2) is 0 Å². The molecular weight excluding hydrogens is 466 g/mol. The van der Waals surface area contributed by atoms with Crippen molar-refractivity contribution < 1.29 is 23.7 Å². The summed E-state index contributed by atoms with van der Waals surface area (Å²) in [4.78, 5) is 11.6.